The monoisotopic (exact) mass is 289 g/mol. The molecule has 0 radical (unpaired) electrons. The predicted molar refractivity (Wildman–Crippen MR) is 77.3 cm³/mol. The van der Waals surface area contributed by atoms with Crippen molar-refractivity contribution in [2.75, 3.05) is 0 Å². The maximum atomic E-state index is 12.2. The zero-order valence-electron chi connectivity index (χ0n) is 10.8. The number of nitrogens with zero attached hydrogens (tertiary/aromatic N) is 1. The summed E-state index contributed by atoms with van der Waals surface area (Å²) in [5, 5.41) is 11.4. The van der Waals surface area contributed by atoms with Gasteiger partial charge in [0.25, 0.3) is 5.69 Å². The fourth-order valence-electron chi connectivity index (χ4n) is 2.01. The highest BCUT2D eigenvalue weighted by atomic mass is 35.5. The highest BCUT2D eigenvalue weighted by Crippen LogP contribution is 2.21. The number of carbonyl (C=O) groups excluding carboxylic acids is 1. The smallest absolute Gasteiger partial charge is 0.273 e. The maximum absolute atomic E-state index is 12.2. The zero-order valence-corrected chi connectivity index (χ0v) is 11.6. The van der Waals surface area contributed by atoms with Crippen LogP contribution in [0.1, 0.15) is 21.5 Å². The molecule has 0 saturated heterocycles. The van der Waals surface area contributed by atoms with Gasteiger partial charge in [-0.05, 0) is 30.7 Å². The van der Waals surface area contributed by atoms with E-state index in [1.54, 1.807) is 36.4 Å². The summed E-state index contributed by atoms with van der Waals surface area (Å²) < 4.78 is 0. The Hall–Kier alpha value is -2.20. The van der Waals surface area contributed by atoms with Crippen LogP contribution in [0.4, 0.5) is 5.69 Å². The third kappa shape index (κ3) is 3.22. The van der Waals surface area contributed by atoms with Gasteiger partial charge < -0.3 is 0 Å². The fourth-order valence-corrected chi connectivity index (χ4v) is 2.30. The van der Waals surface area contributed by atoms with Crippen molar-refractivity contribution >= 4 is 23.1 Å². The minimum atomic E-state index is -0.480. The van der Waals surface area contributed by atoms with Crippen LogP contribution in [0, 0.1) is 17.0 Å². The molecule has 0 aromatic heterocycles. The number of Topliss-reactive ketones (excluding diaryl/α,β-unsaturated/α-hetero) is 1. The van der Waals surface area contributed by atoms with E-state index in [1.807, 2.05) is 6.92 Å². The Morgan fingerprint density at radius 2 is 1.95 bits per heavy atom. The van der Waals surface area contributed by atoms with E-state index >= 15 is 0 Å². The van der Waals surface area contributed by atoms with Gasteiger partial charge in [-0.15, -0.1) is 0 Å². The van der Waals surface area contributed by atoms with E-state index in [9.17, 15) is 14.9 Å². The molecule has 0 unspecified atom stereocenters. The third-order valence-electron chi connectivity index (χ3n) is 2.90. The van der Waals surface area contributed by atoms with Crippen molar-refractivity contribution in [1.82, 2.24) is 0 Å². The topological polar surface area (TPSA) is 60.2 Å². The van der Waals surface area contributed by atoms with Gasteiger partial charge >= 0.3 is 0 Å². The lowest BCUT2D eigenvalue weighted by atomic mass is 10.0. The first kappa shape index (κ1) is 14.2. The number of ketones is 1. The van der Waals surface area contributed by atoms with Gasteiger partial charge in [0.05, 0.1) is 4.92 Å². The van der Waals surface area contributed by atoms with Crippen LogP contribution in [0.3, 0.4) is 0 Å². The van der Waals surface area contributed by atoms with E-state index in [0.29, 0.717) is 16.1 Å². The quantitative estimate of drug-likeness (QED) is 0.486. The molecule has 0 spiro atoms. The van der Waals surface area contributed by atoms with E-state index in [-0.39, 0.29) is 17.9 Å². The second kappa shape index (κ2) is 5.84. The molecule has 0 amide bonds. The molecule has 0 saturated carbocycles. The summed E-state index contributed by atoms with van der Waals surface area (Å²) in [6.45, 7) is 1.84. The minimum Gasteiger partial charge on any atom is -0.294 e. The largest absolute Gasteiger partial charge is 0.294 e. The van der Waals surface area contributed by atoms with Gasteiger partial charge in [0.2, 0.25) is 0 Å². The molecule has 0 heterocycles. The summed E-state index contributed by atoms with van der Waals surface area (Å²) in [6.07, 6.45) is -0.0169. The van der Waals surface area contributed by atoms with E-state index in [4.69, 9.17) is 11.6 Å². The van der Waals surface area contributed by atoms with Crippen LogP contribution in [-0.2, 0) is 6.42 Å². The van der Waals surface area contributed by atoms with Gasteiger partial charge in [0.1, 0.15) is 0 Å². The second-order valence-corrected chi connectivity index (χ2v) is 4.94. The van der Waals surface area contributed by atoms with Gasteiger partial charge in [0, 0.05) is 28.6 Å². The molecule has 0 aliphatic heterocycles. The standard InChI is InChI=1S/C15H12ClNO3/c1-10-6-12(8-13(16)7-10)15(18)9-11-4-2-3-5-14(11)17(19)20/h2-8H,9H2,1H3. The van der Waals surface area contributed by atoms with Crippen LogP contribution in [0.15, 0.2) is 42.5 Å². The van der Waals surface area contributed by atoms with Gasteiger partial charge in [-0.2, -0.15) is 0 Å². The van der Waals surface area contributed by atoms with E-state index in [0.717, 1.165) is 5.56 Å². The number of benzene rings is 2. The lowest BCUT2D eigenvalue weighted by molar-refractivity contribution is -0.385. The normalized spacial score (nSPS) is 10.3. The van der Waals surface area contributed by atoms with Crippen LogP contribution in [0.2, 0.25) is 5.02 Å². The van der Waals surface area contributed by atoms with Gasteiger partial charge in [0.15, 0.2) is 5.78 Å². The Balaban J connectivity index is 2.30. The van der Waals surface area contributed by atoms with E-state index in [1.165, 1.54) is 6.07 Å². The van der Waals surface area contributed by atoms with Crippen molar-refractivity contribution in [1.29, 1.82) is 0 Å². The summed E-state index contributed by atoms with van der Waals surface area (Å²) >= 11 is 5.92. The third-order valence-corrected chi connectivity index (χ3v) is 3.12. The molecule has 2 aromatic rings. The molecule has 2 rings (SSSR count). The number of para-hydroxylation sites is 1. The Morgan fingerprint density at radius 3 is 2.60 bits per heavy atom. The number of aryl methyl sites for hydroxylation is 1. The van der Waals surface area contributed by atoms with Gasteiger partial charge in [-0.3, -0.25) is 14.9 Å². The first-order valence-corrected chi connectivity index (χ1v) is 6.38. The van der Waals surface area contributed by atoms with Crippen LogP contribution < -0.4 is 0 Å². The lowest BCUT2D eigenvalue weighted by Crippen LogP contribution is -2.06. The number of halogens is 1. The van der Waals surface area contributed by atoms with Gasteiger partial charge in [-0.25, -0.2) is 0 Å². The predicted octanol–water partition coefficient (Wildman–Crippen LogP) is 3.98. The summed E-state index contributed by atoms with van der Waals surface area (Å²) in [5.41, 5.74) is 1.70. The van der Waals surface area contributed by atoms with Crippen molar-refractivity contribution in [2.45, 2.75) is 13.3 Å². The van der Waals surface area contributed by atoms with Crippen molar-refractivity contribution in [3.8, 4) is 0 Å². The number of carbonyl (C=O) groups is 1. The molecule has 0 N–H and O–H groups in total. The van der Waals surface area contributed by atoms with Crippen molar-refractivity contribution in [3.63, 3.8) is 0 Å². The van der Waals surface area contributed by atoms with Crippen LogP contribution in [0.5, 0.6) is 0 Å². The van der Waals surface area contributed by atoms with Crippen LogP contribution in [0.25, 0.3) is 0 Å². The molecule has 0 atom stereocenters. The number of rotatable bonds is 4. The van der Waals surface area contributed by atoms with Gasteiger partial charge in [-0.1, -0.05) is 29.8 Å². The van der Waals surface area contributed by atoms with Crippen molar-refractivity contribution in [2.24, 2.45) is 0 Å². The average molecular weight is 290 g/mol. The van der Waals surface area contributed by atoms with Crippen LogP contribution in [-0.4, -0.2) is 10.7 Å². The Labute approximate surface area is 121 Å². The molecule has 20 heavy (non-hydrogen) atoms. The highest BCUT2D eigenvalue weighted by Gasteiger charge is 2.16. The molecule has 0 bridgehead atoms. The number of nitro groups is 1. The minimum absolute atomic E-state index is 0.0169. The summed E-state index contributed by atoms with van der Waals surface area (Å²) in [6, 6.07) is 11.3. The molecule has 5 heteroatoms. The summed E-state index contributed by atoms with van der Waals surface area (Å²) in [4.78, 5) is 22.7. The summed E-state index contributed by atoms with van der Waals surface area (Å²) in [7, 11) is 0. The molecular weight excluding hydrogens is 278 g/mol. The fraction of sp³-hybridized carbons (Fsp3) is 0.133. The van der Waals surface area contributed by atoms with E-state index < -0.39 is 4.92 Å². The molecule has 0 aliphatic rings. The molecule has 0 fully saturated rings. The molecule has 4 nitrogen and oxygen atoms in total. The summed E-state index contributed by atoms with van der Waals surface area (Å²) in [5.74, 6) is -0.190. The first-order valence-electron chi connectivity index (χ1n) is 6.00. The first-order chi connectivity index (χ1) is 9.47. The molecular formula is C15H12ClNO3. The second-order valence-electron chi connectivity index (χ2n) is 4.50. The molecule has 102 valence electrons. The van der Waals surface area contributed by atoms with E-state index in [2.05, 4.69) is 0 Å². The number of hydrogen-bond acceptors (Lipinski definition) is 3. The van der Waals surface area contributed by atoms with Crippen molar-refractivity contribution < 1.29 is 9.72 Å². The molecule has 0 aliphatic carbocycles. The highest BCUT2D eigenvalue weighted by molar-refractivity contribution is 6.31. The average Bonchev–Trinajstić information content (AvgIpc) is 2.37. The maximum Gasteiger partial charge on any atom is 0.273 e. The number of nitro benzene ring substituents is 1. The molecule has 2 aromatic carbocycles. The Bertz CT molecular complexity index is 662. The van der Waals surface area contributed by atoms with Crippen molar-refractivity contribution in [3.05, 3.63) is 74.3 Å². The Morgan fingerprint density at radius 1 is 1.25 bits per heavy atom. The zero-order chi connectivity index (χ0) is 14.7. The van der Waals surface area contributed by atoms with Crippen LogP contribution >= 0.6 is 11.6 Å². The SMILES string of the molecule is Cc1cc(Cl)cc(C(=O)Cc2ccccc2[N+](=O)[O-])c1. The lowest BCUT2D eigenvalue weighted by Gasteiger charge is -2.04. The number of hydrogen-bond donors (Lipinski definition) is 0. The Kier molecular flexibility index (Phi) is 4.15.